The lowest BCUT2D eigenvalue weighted by Crippen LogP contribution is -2.29. The van der Waals surface area contributed by atoms with Crippen LogP contribution in [0.5, 0.6) is 11.5 Å². The number of carbonyl (C=O) groups excluding carboxylic acids is 2. The van der Waals surface area contributed by atoms with E-state index in [1.165, 1.54) is 16.2 Å². The second-order valence-electron chi connectivity index (χ2n) is 10.9. The smallest absolute Gasteiger partial charge is 0.301 e. The number of unbranched alkanes of at least 4 members (excludes halogenated alkanes) is 1. The summed E-state index contributed by atoms with van der Waals surface area (Å²) in [5.41, 5.74) is 4.85. The van der Waals surface area contributed by atoms with E-state index in [9.17, 15) is 14.7 Å². The summed E-state index contributed by atoms with van der Waals surface area (Å²) in [7, 11) is 0. The van der Waals surface area contributed by atoms with Gasteiger partial charge in [-0.05, 0) is 81.1 Å². The number of aliphatic hydroxyl groups is 1. The third-order valence-electron chi connectivity index (χ3n) is 7.74. The van der Waals surface area contributed by atoms with Gasteiger partial charge in [-0.2, -0.15) is 0 Å². The topological polar surface area (TPSA) is 106 Å². The molecule has 1 aliphatic heterocycles. The Labute approximate surface area is 259 Å². The summed E-state index contributed by atoms with van der Waals surface area (Å²) in [4.78, 5) is 38.7. The van der Waals surface area contributed by atoms with Gasteiger partial charge in [-0.25, -0.2) is 9.97 Å². The van der Waals surface area contributed by atoms with Crippen molar-refractivity contribution < 1.29 is 24.2 Å². The summed E-state index contributed by atoms with van der Waals surface area (Å²) in [5.74, 6) is -0.802. The van der Waals surface area contributed by atoms with Gasteiger partial charge in [0.15, 0.2) is 22.4 Å². The van der Waals surface area contributed by atoms with Gasteiger partial charge in [0.25, 0.3) is 5.78 Å². The molecule has 0 spiro atoms. The quantitative estimate of drug-likeness (QED) is 0.0823. The Morgan fingerprint density at radius 1 is 1.00 bits per heavy atom. The molecule has 226 valence electrons. The molecule has 1 saturated heterocycles. The number of pyridine rings is 1. The third-order valence-corrected chi connectivity index (χ3v) is 8.74. The number of anilines is 1. The van der Waals surface area contributed by atoms with Crippen LogP contribution in [0.4, 0.5) is 5.13 Å². The lowest BCUT2D eigenvalue weighted by molar-refractivity contribution is -0.132. The van der Waals surface area contributed by atoms with Crippen molar-refractivity contribution in [3.05, 3.63) is 88.4 Å². The van der Waals surface area contributed by atoms with Crippen LogP contribution in [0, 0.1) is 20.8 Å². The van der Waals surface area contributed by atoms with Gasteiger partial charge in [-0.3, -0.25) is 18.9 Å². The summed E-state index contributed by atoms with van der Waals surface area (Å²) in [6, 6.07) is 13.9. The molecule has 3 aromatic heterocycles. The zero-order valence-corrected chi connectivity index (χ0v) is 26.2. The second kappa shape index (κ2) is 11.8. The van der Waals surface area contributed by atoms with Crippen LogP contribution in [0.25, 0.3) is 21.6 Å². The van der Waals surface area contributed by atoms with Gasteiger partial charge < -0.3 is 14.6 Å². The molecule has 1 atom stereocenters. The van der Waals surface area contributed by atoms with E-state index in [4.69, 9.17) is 14.5 Å². The molecule has 1 N–H and O–H groups in total. The number of Topliss-reactive ketones (excluding diaryl/α,β-unsaturated/α-hetero) is 1. The molecule has 0 aliphatic carbocycles. The highest BCUT2D eigenvalue weighted by molar-refractivity contribution is 7.22. The standard InChI is InChI=1S/C34H34N4O5S/c1-6-8-15-43-23-13-12-22(18-24(23)42-7-2)30-27(31(39)29-21(5)35-26-11-9-10-14-37(26)29)32(40)33(41)38(30)34-36-28-20(4)16-19(3)17-25(28)44-34/h9-14,16-18,30,39H,6-8,15H2,1-5H3/b31-27+. The molecular weight excluding hydrogens is 576 g/mol. The minimum absolute atomic E-state index is 0.0435. The molecule has 0 radical (unpaired) electrons. The number of hydrogen-bond acceptors (Lipinski definition) is 8. The summed E-state index contributed by atoms with van der Waals surface area (Å²) in [5, 5.41) is 12.3. The van der Waals surface area contributed by atoms with Crippen LogP contribution in [-0.4, -0.2) is 44.4 Å². The molecule has 44 heavy (non-hydrogen) atoms. The maximum Gasteiger partial charge on any atom is 0.301 e. The summed E-state index contributed by atoms with van der Waals surface area (Å²) in [6.45, 7) is 10.7. The maximum atomic E-state index is 13.9. The fourth-order valence-corrected chi connectivity index (χ4v) is 6.91. The number of aromatic nitrogens is 3. The molecule has 0 saturated carbocycles. The molecular formula is C34H34N4O5S. The van der Waals surface area contributed by atoms with Crippen molar-refractivity contribution in [2.24, 2.45) is 0 Å². The zero-order chi connectivity index (χ0) is 31.1. The first-order chi connectivity index (χ1) is 21.2. The minimum Gasteiger partial charge on any atom is -0.505 e. The first kappa shape index (κ1) is 29.4. The Bertz CT molecular complexity index is 1960. The number of nitrogens with zero attached hydrogens (tertiary/aromatic N) is 4. The molecule has 1 amide bonds. The number of imidazole rings is 1. The Morgan fingerprint density at radius 2 is 1.82 bits per heavy atom. The predicted octanol–water partition coefficient (Wildman–Crippen LogP) is 7.07. The van der Waals surface area contributed by atoms with E-state index in [2.05, 4.69) is 11.9 Å². The fraction of sp³-hybridized carbons (Fsp3) is 0.294. The van der Waals surface area contributed by atoms with E-state index in [0.717, 1.165) is 34.2 Å². The number of thiazole rings is 1. The maximum absolute atomic E-state index is 13.9. The van der Waals surface area contributed by atoms with Gasteiger partial charge in [0.05, 0.1) is 40.7 Å². The van der Waals surface area contributed by atoms with Crippen LogP contribution >= 0.6 is 11.3 Å². The van der Waals surface area contributed by atoms with Crippen molar-refractivity contribution in [2.45, 2.75) is 53.5 Å². The van der Waals surface area contributed by atoms with Crippen LogP contribution in [0.3, 0.4) is 0 Å². The van der Waals surface area contributed by atoms with Gasteiger partial charge in [0.1, 0.15) is 11.3 Å². The van der Waals surface area contributed by atoms with Crippen LogP contribution in [0.2, 0.25) is 0 Å². The number of rotatable bonds is 9. The SMILES string of the molecule is CCCCOc1ccc(C2/C(=C(\O)c3c(C)nc4ccccn34)C(=O)C(=O)N2c2nc3c(C)cc(C)cc3s2)cc1OCC. The molecule has 5 aromatic rings. The number of aryl methyl sites for hydroxylation is 3. The van der Waals surface area contributed by atoms with Crippen molar-refractivity contribution in [1.29, 1.82) is 0 Å². The zero-order valence-electron chi connectivity index (χ0n) is 25.4. The van der Waals surface area contributed by atoms with Gasteiger partial charge in [0, 0.05) is 6.20 Å². The Kier molecular flexibility index (Phi) is 7.85. The Balaban J connectivity index is 1.58. The van der Waals surface area contributed by atoms with E-state index < -0.39 is 17.7 Å². The van der Waals surface area contributed by atoms with Crippen molar-refractivity contribution in [2.75, 3.05) is 18.1 Å². The molecule has 1 unspecified atom stereocenters. The first-order valence-corrected chi connectivity index (χ1v) is 15.6. The highest BCUT2D eigenvalue weighted by atomic mass is 32.1. The van der Waals surface area contributed by atoms with Crippen molar-refractivity contribution >= 4 is 49.8 Å². The molecule has 10 heteroatoms. The predicted molar refractivity (Wildman–Crippen MR) is 172 cm³/mol. The van der Waals surface area contributed by atoms with Crippen LogP contribution < -0.4 is 14.4 Å². The van der Waals surface area contributed by atoms with Crippen LogP contribution in [-0.2, 0) is 9.59 Å². The number of benzene rings is 2. The summed E-state index contributed by atoms with van der Waals surface area (Å²) >= 11 is 1.34. The Morgan fingerprint density at radius 3 is 2.59 bits per heavy atom. The number of fused-ring (bicyclic) bond motifs is 2. The van der Waals surface area contributed by atoms with Crippen molar-refractivity contribution in [3.8, 4) is 11.5 Å². The molecule has 1 fully saturated rings. The van der Waals surface area contributed by atoms with Gasteiger partial charge in [-0.15, -0.1) is 0 Å². The monoisotopic (exact) mass is 610 g/mol. The molecule has 2 aromatic carbocycles. The lowest BCUT2D eigenvalue weighted by atomic mass is 9.96. The highest BCUT2D eigenvalue weighted by Crippen LogP contribution is 2.46. The Hall–Kier alpha value is -4.70. The van der Waals surface area contributed by atoms with E-state index in [1.54, 1.807) is 29.7 Å². The van der Waals surface area contributed by atoms with Gasteiger partial charge >= 0.3 is 5.91 Å². The number of amides is 1. The van der Waals surface area contributed by atoms with Crippen LogP contribution in [0.1, 0.15) is 60.8 Å². The largest absolute Gasteiger partial charge is 0.505 e. The van der Waals surface area contributed by atoms with E-state index in [0.29, 0.717) is 52.4 Å². The van der Waals surface area contributed by atoms with E-state index in [1.807, 2.05) is 57.2 Å². The fourth-order valence-electron chi connectivity index (χ4n) is 5.74. The minimum atomic E-state index is -0.977. The second-order valence-corrected chi connectivity index (χ2v) is 11.9. The van der Waals surface area contributed by atoms with E-state index in [-0.39, 0.29) is 11.3 Å². The van der Waals surface area contributed by atoms with E-state index >= 15 is 0 Å². The normalized spacial score (nSPS) is 16.4. The summed E-state index contributed by atoms with van der Waals surface area (Å²) in [6.07, 6.45) is 3.65. The number of ether oxygens (including phenoxy) is 2. The molecule has 9 nitrogen and oxygen atoms in total. The number of hydrogen-bond donors (Lipinski definition) is 1. The van der Waals surface area contributed by atoms with Gasteiger partial charge in [-0.1, -0.05) is 42.9 Å². The number of ketones is 1. The highest BCUT2D eigenvalue weighted by Gasteiger charge is 2.49. The molecule has 1 aliphatic rings. The van der Waals surface area contributed by atoms with Crippen molar-refractivity contribution in [1.82, 2.24) is 14.4 Å². The first-order valence-electron chi connectivity index (χ1n) is 14.8. The average Bonchev–Trinajstić information content (AvgIpc) is 3.64. The van der Waals surface area contributed by atoms with Gasteiger partial charge in [0.2, 0.25) is 0 Å². The lowest BCUT2D eigenvalue weighted by Gasteiger charge is -2.24. The average molecular weight is 611 g/mol. The third kappa shape index (κ3) is 4.98. The molecule has 6 rings (SSSR count). The molecule has 4 heterocycles. The van der Waals surface area contributed by atoms with Crippen molar-refractivity contribution in [3.63, 3.8) is 0 Å². The number of carbonyl (C=O) groups is 2. The van der Waals surface area contributed by atoms with Crippen LogP contribution in [0.15, 0.2) is 60.3 Å². The number of aliphatic hydroxyl groups excluding tert-OH is 1. The summed E-state index contributed by atoms with van der Waals surface area (Å²) < 4.78 is 14.6. The molecule has 0 bridgehead atoms.